The summed E-state index contributed by atoms with van der Waals surface area (Å²) in [4.78, 5) is 0. The molecule has 2 rings (SSSR count). The quantitative estimate of drug-likeness (QED) is 0.570. The summed E-state index contributed by atoms with van der Waals surface area (Å²) in [6.45, 7) is 15.5. The van der Waals surface area contributed by atoms with Crippen molar-refractivity contribution in [3.05, 3.63) is 0 Å². The predicted octanol–water partition coefficient (Wildman–Crippen LogP) is 4.69. The average molecular weight is 254 g/mol. The third-order valence-corrected chi connectivity index (χ3v) is 6.60. The van der Waals surface area contributed by atoms with Crippen LogP contribution < -0.4 is 0 Å². The van der Waals surface area contributed by atoms with Crippen molar-refractivity contribution in [3.8, 4) is 0 Å². The molecule has 17 heavy (non-hydrogen) atoms. The normalized spacial score (nSPS) is 29.3. The van der Waals surface area contributed by atoms with E-state index in [-0.39, 0.29) is 0 Å². The molecule has 0 aromatic carbocycles. The van der Waals surface area contributed by atoms with Gasteiger partial charge in [-0.05, 0) is 41.6 Å². The first-order valence-corrected chi connectivity index (χ1v) is 8.17. The van der Waals surface area contributed by atoms with Crippen molar-refractivity contribution in [3.63, 3.8) is 0 Å². The average Bonchev–Trinajstić information content (AvgIpc) is 2.42. The Kier molecular flexibility index (Phi) is 4.87. The molecule has 0 unspecified atom stereocenters. The van der Waals surface area contributed by atoms with Gasteiger partial charge in [-0.25, -0.2) is 0 Å². The second-order valence-corrected chi connectivity index (χ2v) is 8.42. The SMILES string of the molecule is C1CC[Si]OC1.CC1(C)CCC(C)(C)C1(C)C. The molecule has 1 saturated heterocycles. The smallest absolute Gasteiger partial charge is 0.229 e. The van der Waals surface area contributed by atoms with Crippen LogP contribution in [-0.2, 0) is 4.43 Å². The van der Waals surface area contributed by atoms with E-state index in [9.17, 15) is 0 Å². The number of hydrogen-bond acceptors (Lipinski definition) is 1. The van der Waals surface area contributed by atoms with Crippen molar-refractivity contribution in [2.45, 2.75) is 73.3 Å². The van der Waals surface area contributed by atoms with Crippen molar-refractivity contribution >= 4 is 9.76 Å². The fourth-order valence-electron chi connectivity index (χ4n) is 2.68. The van der Waals surface area contributed by atoms with Gasteiger partial charge in [0.15, 0.2) is 0 Å². The Morgan fingerprint density at radius 1 is 0.824 bits per heavy atom. The summed E-state index contributed by atoms with van der Waals surface area (Å²) in [5.74, 6) is 0. The number of rotatable bonds is 0. The van der Waals surface area contributed by atoms with E-state index in [0.29, 0.717) is 16.2 Å². The molecule has 100 valence electrons. The van der Waals surface area contributed by atoms with Gasteiger partial charge in [-0.2, -0.15) is 0 Å². The van der Waals surface area contributed by atoms with Gasteiger partial charge in [0.25, 0.3) is 0 Å². The molecule has 1 nitrogen and oxygen atoms in total. The van der Waals surface area contributed by atoms with Gasteiger partial charge in [0.2, 0.25) is 9.76 Å². The largest absolute Gasteiger partial charge is 0.417 e. The van der Waals surface area contributed by atoms with Crippen LogP contribution in [0.5, 0.6) is 0 Å². The fourth-order valence-corrected chi connectivity index (χ4v) is 3.51. The van der Waals surface area contributed by atoms with E-state index >= 15 is 0 Å². The maximum atomic E-state index is 5.10. The second-order valence-electron chi connectivity index (χ2n) is 7.34. The van der Waals surface area contributed by atoms with E-state index in [2.05, 4.69) is 41.5 Å². The minimum atomic E-state index is 0.486. The molecule has 0 aromatic heterocycles. The van der Waals surface area contributed by atoms with Crippen molar-refractivity contribution in [2.24, 2.45) is 16.2 Å². The minimum absolute atomic E-state index is 0.486. The first-order valence-electron chi connectivity index (χ1n) is 7.05. The molecule has 0 N–H and O–H groups in total. The maximum absolute atomic E-state index is 5.10. The zero-order chi connectivity index (χ0) is 13.2. The Morgan fingerprint density at radius 3 is 1.47 bits per heavy atom. The van der Waals surface area contributed by atoms with Crippen molar-refractivity contribution in [1.82, 2.24) is 0 Å². The molecule has 1 heterocycles. The maximum Gasteiger partial charge on any atom is 0.229 e. The summed E-state index contributed by atoms with van der Waals surface area (Å²) < 4.78 is 5.10. The number of hydrogen-bond donors (Lipinski definition) is 0. The van der Waals surface area contributed by atoms with Crippen LogP contribution in [0.4, 0.5) is 0 Å². The van der Waals surface area contributed by atoms with Crippen LogP contribution >= 0.6 is 0 Å². The highest BCUT2D eigenvalue weighted by atomic mass is 28.2. The lowest BCUT2D eigenvalue weighted by molar-refractivity contribution is 0.0524. The molecule has 2 radical (unpaired) electrons. The van der Waals surface area contributed by atoms with Gasteiger partial charge >= 0.3 is 0 Å². The van der Waals surface area contributed by atoms with E-state index in [1.54, 1.807) is 0 Å². The van der Waals surface area contributed by atoms with E-state index < -0.39 is 0 Å². The third-order valence-electron chi connectivity index (χ3n) is 5.64. The highest BCUT2D eigenvalue weighted by Crippen LogP contribution is 2.61. The Balaban J connectivity index is 0.000000202. The molecule has 0 bridgehead atoms. The lowest BCUT2D eigenvalue weighted by atomic mass is 9.61. The van der Waals surface area contributed by atoms with Crippen LogP contribution in [0.1, 0.15) is 67.2 Å². The van der Waals surface area contributed by atoms with Crippen LogP contribution in [0.15, 0.2) is 0 Å². The zero-order valence-electron chi connectivity index (χ0n) is 12.7. The second kappa shape index (κ2) is 5.44. The molecule has 1 aliphatic carbocycles. The Labute approximate surface area is 111 Å². The van der Waals surface area contributed by atoms with Crippen LogP contribution in [0.2, 0.25) is 6.04 Å². The molecule has 0 amide bonds. The molecule has 1 aliphatic heterocycles. The van der Waals surface area contributed by atoms with Crippen LogP contribution in [0.3, 0.4) is 0 Å². The fraction of sp³-hybridized carbons (Fsp3) is 1.00. The van der Waals surface area contributed by atoms with Gasteiger partial charge in [-0.15, -0.1) is 0 Å². The Morgan fingerprint density at radius 2 is 1.35 bits per heavy atom. The van der Waals surface area contributed by atoms with Crippen LogP contribution in [-0.4, -0.2) is 16.4 Å². The highest BCUT2D eigenvalue weighted by Gasteiger charge is 2.52. The van der Waals surface area contributed by atoms with Gasteiger partial charge in [-0.3, -0.25) is 0 Å². The molecule has 2 aliphatic rings. The Bertz CT molecular complexity index is 210. The summed E-state index contributed by atoms with van der Waals surface area (Å²) in [5.41, 5.74) is 1.53. The first kappa shape index (κ1) is 15.2. The van der Waals surface area contributed by atoms with Gasteiger partial charge in [0, 0.05) is 6.61 Å². The lowest BCUT2D eigenvalue weighted by Gasteiger charge is -2.44. The highest BCUT2D eigenvalue weighted by molar-refractivity contribution is 6.27. The van der Waals surface area contributed by atoms with E-state index in [4.69, 9.17) is 4.43 Å². The van der Waals surface area contributed by atoms with Gasteiger partial charge < -0.3 is 4.43 Å². The lowest BCUT2D eigenvalue weighted by Crippen LogP contribution is -2.36. The van der Waals surface area contributed by atoms with Crippen molar-refractivity contribution < 1.29 is 4.43 Å². The van der Waals surface area contributed by atoms with E-state index in [0.717, 1.165) is 16.4 Å². The molecular formula is C15H30OSi. The standard InChI is InChI=1S/C11H22.C4H8OSi/c1-9(2)7-8-10(3,4)11(9,5)6;1-2-4-6-5-3-1/h7-8H2,1-6H3;1-4H2. The topological polar surface area (TPSA) is 9.23 Å². The molecule has 1 saturated carbocycles. The third kappa shape index (κ3) is 3.34. The summed E-state index contributed by atoms with van der Waals surface area (Å²) in [6.07, 6.45) is 5.44. The molecule has 2 heteroatoms. The minimum Gasteiger partial charge on any atom is -0.417 e. The van der Waals surface area contributed by atoms with Crippen molar-refractivity contribution in [1.29, 1.82) is 0 Å². The summed E-state index contributed by atoms with van der Waals surface area (Å²) in [7, 11) is 0.802. The molecule has 0 atom stereocenters. The molecule has 2 fully saturated rings. The summed E-state index contributed by atoms with van der Waals surface area (Å²) >= 11 is 0. The zero-order valence-corrected chi connectivity index (χ0v) is 13.7. The molecule has 0 spiro atoms. The van der Waals surface area contributed by atoms with Crippen molar-refractivity contribution in [2.75, 3.05) is 6.61 Å². The molecule has 0 aromatic rings. The monoisotopic (exact) mass is 254 g/mol. The van der Waals surface area contributed by atoms with Gasteiger partial charge in [0.1, 0.15) is 0 Å². The van der Waals surface area contributed by atoms with E-state index in [1.165, 1.54) is 31.7 Å². The summed E-state index contributed by atoms with van der Waals surface area (Å²) in [6, 6.07) is 1.31. The Hall–Kier alpha value is 0.177. The van der Waals surface area contributed by atoms with Gasteiger partial charge in [0.05, 0.1) is 0 Å². The van der Waals surface area contributed by atoms with Gasteiger partial charge in [-0.1, -0.05) is 48.0 Å². The summed E-state index contributed by atoms with van der Waals surface area (Å²) in [5, 5.41) is 0. The van der Waals surface area contributed by atoms with Crippen LogP contribution in [0, 0.1) is 16.2 Å². The first-order chi connectivity index (χ1) is 7.71. The molecular weight excluding hydrogens is 224 g/mol. The van der Waals surface area contributed by atoms with Crippen LogP contribution in [0.25, 0.3) is 0 Å². The van der Waals surface area contributed by atoms with E-state index in [1.807, 2.05) is 0 Å². The predicted molar refractivity (Wildman–Crippen MR) is 76.3 cm³/mol.